The number of hydrogen-bond acceptors (Lipinski definition) is 9. The molecule has 0 aliphatic rings. The highest BCUT2D eigenvalue weighted by atomic mass is 32.1. The Balaban J connectivity index is 1.82. The Morgan fingerprint density at radius 2 is 2.00 bits per heavy atom. The average Bonchev–Trinajstić information content (AvgIpc) is 3.35. The predicted molar refractivity (Wildman–Crippen MR) is 125 cm³/mol. The van der Waals surface area contributed by atoms with Gasteiger partial charge < -0.3 is 15.5 Å². The van der Waals surface area contributed by atoms with Gasteiger partial charge in [0, 0.05) is 29.7 Å². The Morgan fingerprint density at radius 3 is 2.61 bits per heavy atom. The zero-order valence-corrected chi connectivity index (χ0v) is 19.7. The van der Waals surface area contributed by atoms with E-state index in [-0.39, 0.29) is 5.41 Å². The van der Waals surface area contributed by atoms with Gasteiger partial charge in [0.15, 0.2) is 5.13 Å². The number of aryl methyl sites for hydroxylation is 1. The molecule has 3 aromatic heterocycles. The summed E-state index contributed by atoms with van der Waals surface area (Å²) in [4.78, 5) is 18.0. The van der Waals surface area contributed by atoms with Crippen LogP contribution in [0.2, 0.25) is 0 Å². The number of hydrogen-bond donors (Lipinski definition) is 2. The largest absolute Gasteiger partial charge is 0.478 e. The molecule has 0 aromatic carbocycles. The van der Waals surface area contributed by atoms with Crippen LogP contribution in [0.4, 0.5) is 5.13 Å². The second-order valence-electron chi connectivity index (χ2n) is 7.97. The first-order valence-electron chi connectivity index (χ1n) is 9.79. The third kappa shape index (κ3) is 5.46. The topological polar surface area (TPSA) is 102 Å². The smallest absolute Gasteiger partial charge is 0.258 e. The molecule has 3 aromatic rings. The van der Waals surface area contributed by atoms with Crippen molar-refractivity contribution in [1.82, 2.24) is 29.9 Å². The molecule has 0 aliphatic carbocycles. The lowest BCUT2D eigenvalue weighted by atomic mass is 9.89. The van der Waals surface area contributed by atoms with Gasteiger partial charge in [0.1, 0.15) is 17.7 Å². The van der Waals surface area contributed by atoms with E-state index in [9.17, 15) is 0 Å². The van der Waals surface area contributed by atoms with E-state index in [1.807, 2.05) is 31.5 Å². The standard InChI is InChI=1S/C21H28N8OS/c1-13(8-17(28-22-6)21(3,4)5)25-20-27-16(11-31-20)15-9-23-18(19(26-15)30-7)29-10-14(2)24-12-29/h8-12,22H,1-7H3,(H,25,27)/b13-8+,28-17+. The maximum absolute atomic E-state index is 5.45. The normalized spacial score (nSPS) is 12.7. The van der Waals surface area contributed by atoms with E-state index in [2.05, 4.69) is 56.6 Å². The number of anilines is 1. The molecular weight excluding hydrogens is 412 g/mol. The first-order valence-corrected chi connectivity index (χ1v) is 10.7. The molecule has 31 heavy (non-hydrogen) atoms. The molecule has 0 unspecified atom stereocenters. The maximum Gasteiger partial charge on any atom is 0.258 e. The Kier molecular flexibility index (Phi) is 6.69. The van der Waals surface area contributed by atoms with Crippen molar-refractivity contribution in [2.45, 2.75) is 34.6 Å². The van der Waals surface area contributed by atoms with Crippen molar-refractivity contribution in [3.63, 3.8) is 0 Å². The van der Waals surface area contributed by atoms with E-state index in [0.29, 0.717) is 17.4 Å². The third-order valence-corrected chi connectivity index (χ3v) is 5.05. The summed E-state index contributed by atoms with van der Waals surface area (Å²) in [6, 6.07) is 0. The van der Waals surface area contributed by atoms with Crippen molar-refractivity contribution in [2.24, 2.45) is 10.5 Å². The number of thiazole rings is 1. The minimum Gasteiger partial charge on any atom is -0.478 e. The highest BCUT2D eigenvalue weighted by Crippen LogP contribution is 2.27. The monoisotopic (exact) mass is 440 g/mol. The van der Waals surface area contributed by atoms with Gasteiger partial charge in [-0.15, -0.1) is 11.3 Å². The molecule has 3 rings (SSSR count). The number of hydrazone groups is 1. The molecule has 0 spiro atoms. The van der Waals surface area contributed by atoms with Gasteiger partial charge in [-0.2, -0.15) is 5.10 Å². The average molecular weight is 441 g/mol. The quantitative estimate of drug-likeness (QED) is 0.422. The van der Waals surface area contributed by atoms with Gasteiger partial charge in [0.05, 0.1) is 24.7 Å². The van der Waals surface area contributed by atoms with Gasteiger partial charge in [0.2, 0.25) is 5.82 Å². The summed E-state index contributed by atoms with van der Waals surface area (Å²) in [5.41, 5.74) is 6.92. The van der Waals surface area contributed by atoms with Crippen molar-refractivity contribution >= 4 is 22.2 Å². The third-order valence-electron chi connectivity index (χ3n) is 4.30. The molecule has 9 nitrogen and oxygen atoms in total. The van der Waals surface area contributed by atoms with Crippen LogP contribution in [-0.2, 0) is 0 Å². The second kappa shape index (κ2) is 9.25. The number of allylic oxidation sites excluding steroid dienone is 2. The van der Waals surface area contributed by atoms with Gasteiger partial charge in [-0.05, 0) is 19.9 Å². The molecule has 164 valence electrons. The lowest BCUT2D eigenvalue weighted by molar-refractivity contribution is 0.394. The molecule has 0 radical (unpaired) electrons. The molecule has 0 amide bonds. The van der Waals surface area contributed by atoms with Crippen molar-refractivity contribution < 1.29 is 4.74 Å². The Hall–Kier alpha value is -3.27. The van der Waals surface area contributed by atoms with E-state index in [1.165, 1.54) is 11.3 Å². The summed E-state index contributed by atoms with van der Waals surface area (Å²) in [6.45, 7) is 10.3. The summed E-state index contributed by atoms with van der Waals surface area (Å²) >= 11 is 1.50. The van der Waals surface area contributed by atoms with Gasteiger partial charge in [-0.25, -0.2) is 19.9 Å². The van der Waals surface area contributed by atoms with E-state index >= 15 is 0 Å². The van der Waals surface area contributed by atoms with E-state index in [1.54, 1.807) is 31.2 Å². The lowest BCUT2D eigenvalue weighted by Crippen LogP contribution is -2.21. The number of rotatable bonds is 7. The van der Waals surface area contributed by atoms with Gasteiger partial charge in [-0.1, -0.05) is 20.8 Å². The van der Waals surface area contributed by atoms with Crippen LogP contribution in [-0.4, -0.2) is 44.4 Å². The van der Waals surface area contributed by atoms with Crippen molar-refractivity contribution in [1.29, 1.82) is 0 Å². The number of aromatic nitrogens is 5. The summed E-state index contributed by atoms with van der Waals surface area (Å²) < 4.78 is 7.24. The molecule has 10 heteroatoms. The summed E-state index contributed by atoms with van der Waals surface area (Å²) in [7, 11) is 3.37. The van der Waals surface area contributed by atoms with Crippen molar-refractivity contribution in [3.05, 3.63) is 41.6 Å². The Bertz CT molecular complexity index is 1110. The van der Waals surface area contributed by atoms with Crippen LogP contribution in [0.1, 0.15) is 33.4 Å². The van der Waals surface area contributed by atoms with Crippen LogP contribution < -0.4 is 15.5 Å². The maximum atomic E-state index is 5.45. The number of nitrogens with one attached hydrogen (secondary N) is 2. The van der Waals surface area contributed by atoms with Crippen LogP contribution in [0.15, 0.2) is 41.0 Å². The molecule has 0 fully saturated rings. The molecule has 2 N–H and O–H groups in total. The lowest BCUT2D eigenvalue weighted by Gasteiger charge is -2.19. The van der Waals surface area contributed by atoms with E-state index in [4.69, 9.17) is 4.74 Å². The molecule has 0 saturated heterocycles. The first-order chi connectivity index (χ1) is 14.7. The van der Waals surface area contributed by atoms with Gasteiger partial charge >= 0.3 is 0 Å². The summed E-state index contributed by atoms with van der Waals surface area (Å²) in [6.07, 6.45) is 7.26. The molecule has 0 saturated carbocycles. The molecule has 0 aliphatic heterocycles. The number of ether oxygens (including phenoxy) is 1. The highest BCUT2D eigenvalue weighted by Gasteiger charge is 2.18. The molecule has 0 bridgehead atoms. The SMILES string of the molecule is CN/N=C(\C=C(/C)Nc1nc(-c2cnc(-n3cnc(C)c3)c(OC)n2)cs1)C(C)(C)C. The minimum absolute atomic E-state index is 0.0817. The fraction of sp³-hybridized carbons (Fsp3) is 0.381. The Morgan fingerprint density at radius 1 is 1.23 bits per heavy atom. The second-order valence-corrected chi connectivity index (χ2v) is 8.83. The van der Waals surface area contributed by atoms with Crippen LogP contribution in [0.3, 0.4) is 0 Å². The number of nitrogens with zero attached hydrogens (tertiary/aromatic N) is 6. The first kappa shape index (κ1) is 22.4. The van der Waals surface area contributed by atoms with E-state index < -0.39 is 0 Å². The van der Waals surface area contributed by atoms with E-state index in [0.717, 1.165) is 27.9 Å². The van der Waals surface area contributed by atoms with Gasteiger partial charge in [-0.3, -0.25) is 4.57 Å². The van der Waals surface area contributed by atoms with Crippen LogP contribution >= 0.6 is 11.3 Å². The fourth-order valence-electron chi connectivity index (χ4n) is 2.74. The summed E-state index contributed by atoms with van der Waals surface area (Å²) in [5.74, 6) is 0.990. The molecular formula is C21H28N8OS. The zero-order chi connectivity index (χ0) is 22.6. The van der Waals surface area contributed by atoms with Crippen LogP contribution in [0.5, 0.6) is 5.88 Å². The fourth-order valence-corrected chi connectivity index (χ4v) is 3.50. The number of imidazole rings is 1. The summed E-state index contributed by atoms with van der Waals surface area (Å²) in [5, 5.41) is 10.4. The van der Waals surface area contributed by atoms with Crippen LogP contribution in [0, 0.1) is 12.3 Å². The van der Waals surface area contributed by atoms with Gasteiger partial charge in [0.25, 0.3) is 5.88 Å². The van der Waals surface area contributed by atoms with Crippen molar-refractivity contribution in [3.8, 4) is 23.1 Å². The minimum atomic E-state index is -0.0817. The zero-order valence-electron chi connectivity index (χ0n) is 18.9. The number of methoxy groups -OCH3 is 1. The highest BCUT2D eigenvalue weighted by molar-refractivity contribution is 7.14. The molecule has 3 heterocycles. The Labute approximate surface area is 186 Å². The van der Waals surface area contributed by atoms with Crippen molar-refractivity contribution in [2.75, 3.05) is 19.5 Å². The molecule has 0 atom stereocenters. The predicted octanol–water partition coefficient (Wildman–Crippen LogP) is 4.04. The van der Waals surface area contributed by atoms with Crippen LogP contribution in [0.25, 0.3) is 17.2 Å².